The van der Waals surface area contributed by atoms with E-state index < -0.39 is 0 Å². The van der Waals surface area contributed by atoms with Gasteiger partial charge in [-0.3, -0.25) is 14.8 Å². The first-order chi connectivity index (χ1) is 13.2. The Morgan fingerprint density at radius 1 is 1.04 bits per heavy atom. The Bertz CT molecular complexity index is 884. The van der Waals surface area contributed by atoms with E-state index >= 15 is 0 Å². The number of aromatic nitrogens is 2. The molecular weight excluding hydrogens is 340 g/mol. The number of rotatable bonds is 8. The van der Waals surface area contributed by atoms with Crippen LogP contribution in [0.3, 0.4) is 0 Å². The Morgan fingerprint density at radius 2 is 1.89 bits per heavy atom. The fourth-order valence-corrected chi connectivity index (χ4v) is 2.61. The van der Waals surface area contributed by atoms with Crippen LogP contribution in [0.2, 0.25) is 0 Å². The minimum atomic E-state index is -0.189. The van der Waals surface area contributed by atoms with Crippen molar-refractivity contribution in [2.45, 2.75) is 13.0 Å². The van der Waals surface area contributed by atoms with Gasteiger partial charge in [-0.2, -0.15) is 0 Å². The summed E-state index contributed by atoms with van der Waals surface area (Å²) in [5.41, 5.74) is 3.46. The number of hydrogen-bond donors (Lipinski definition) is 2. The van der Waals surface area contributed by atoms with Crippen molar-refractivity contribution < 1.29 is 9.53 Å². The predicted molar refractivity (Wildman–Crippen MR) is 105 cm³/mol. The Morgan fingerprint density at radius 3 is 2.70 bits per heavy atom. The Hall–Kier alpha value is -3.41. The van der Waals surface area contributed by atoms with Crippen LogP contribution in [0, 0.1) is 0 Å². The summed E-state index contributed by atoms with van der Waals surface area (Å²) in [6, 6.07) is 15.3. The number of amides is 1. The van der Waals surface area contributed by atoms with Gasteiger partial charge in [0, 0.05) is 37.4 Å². The molecule has 0 spiro atoms. The second-order valence-electron chi connectivity index (χ2n) is 6.00. The molecule has 0 aliphatic rings. The monoisotopic (exact) mass is 362 g/mol. The molecule has 0 atom stereocenters. The van der Waals surface area contributed by atoms with Crippen LogP contribution >= 0.6 is 0 Å². The van der Waals surface area contributed by atoms with Gasteiger partial charge >= 0.3 is 0 Å². The summed E-state index contributed by atoms with van der Waals surface area (Å²) in [5, 5.41) is 6.20. The summed E-state index contributed by atoms with van der Waals surface area (Å²) in [6.45, 7) is 1.19. The minimum Gasteiger partial charge on any atom is -0.497 e. The molecule has 0 radical (unpaired) electrons. The average Bonchev–Trinajstić information content (AvgIpc) is 2.73. The number of carbonyl (C=O) groups is 1. The number of benzene rings is 1. The Labute approximate surface area is 158 Å². The molecule has 0 bridgehead atoms. The predicted octanol–water partition coefficient (Wildman–Crippen LogP) is 3.07. The van der Waals surface area contributed by atoms with Gasteiger partial charge in [-0.25, -0.2) is 0 Å². The second-order valence-corrected chi connectivity index (χ2v) is 6.00. The lowest BCUT2D eigenvalue weighted by atomic mass is 10.1. The lowest BCUT2D eigenvalue weighted by molar-refractivity contribution is 0.0949. The zero-order chi connectivity index (χ0) is 18.9. The van der Waals surface area contributed by atoms with Crippen LogP contribution in [0.4, 0.5) is 5.69 Å². The van der Waals surface area contributed by atoms with E-state index in [0.29, 0.717) is 18.8 Å². The molecule has 0 saturated heterocycles. The first kappa shape index (κ1) is 18.4. The molecule has 2 aromatic heterocycles. The van der Waals surface area contributed by atoms with Crippen molar-refractivity contribution in [1.29, 1.82) is 0 Å². The van der Waals surface area contributed by atoms with Crippen LogP contribution in [-0.2, 0) is 13.0 Å². The maximum atomic E-state index is 12.4. The number of hydrogen-bond acceptors (Lipinski definition) is 5. The number of nitrogens with one attached hydrogen (secondary N) is 2. The number of nitrogens with zero attached hydrogens (tertiary/aromatic N) is 2. The van der Waals surface area contributed by atoms with Gasteiger partial charge in [0.2, 0.25) is 0 Å². The molecule has 6 heteroatoms. The average molecular weight is 362 g/mol. The third-order valence-electron chi connectivity index (χ3n) is 4.07. The van der Waals surface area contributed by atoms with Crippen LogP contribution in [0.25, 0.3) is 0 Å². The smallest absolute Gasteiger partial charge is 0.269 e. The first-order valence-corrected chi connectivity index (χ1v) is 8.74. The van der Waals surface area contributed by atoms with Crippen molar-refractivity contribution in [3.05, 3.63) is 83.9 Å². The Balaban J connectivity index is 1.52. The summed E-state index contributed by atoms with van der Waals surface area (Å²) < 4.78 is 5.21. The van der Waals surface area contributed by atoms with Crippen LogP contribution < -0.4 is 15.4 Å². The van der Waals surface area contributed by atoms with Gasteiger partial charge in [-0.05, 0) is 53.9 Å². The van der Waals surface area contributed by atoms with Gasteiger partial charge in [0.15, 0.2) is 0 Å². The lowest BCUT2D eigenvalue weighted by Gasteiger charge is -2.09. The third kappa shape index (κ3) is 5.54. The topological polar surface area (TPSA) is 76.1 Å². The molecule has 0 aliphatic heterocycles. The maximum absolute atomic E-state index is 12.4. The van der Waals surface area contributed by atoms with Crippen LogP contribution in [-0.4, -0.2) is 29.5 Å². The van der Waals surface area contributed by atoms with Crippen molar-refractivity contribution in [3.8, 4) is 5.75 Å². The number of carbonyl (C=O) groups excluding carboxylic acids is 1. The standard InChI is InChI=1S/C21H22N4O2/c1-27-19-4-2-3-16(13-19)7-11-24-21(26)20-14-18(8-12-23-20)25-15-17-5-9-22-10-6-17/h2-6,8-10,12-14H,7,11,15H2,1H3,(H,23,25)(H,24,26). The van der Waals surface area contributed by atoms with E-state index in [2.05, 4.69) is 20.6 Å². The SMILES string of the molecule is COc1cccc(CCNC(=O)c2cc(NCc3ccncc3)ccn2)c1. The van der Waals surface area contributed by atoms with Crippen molar-refractivity contribution >= 4 is 11.6 Å². The van der Waals surface area contributed by atoms with E-state index in [0.717, 1.165) is 29.0 Å². The molecule has 138 valence electrons. The van der Waals surface area contributed by atoms with Crippen LogP contribution in [0.15, 0.2) is 67.1 Å². The van der Waals surface area contributed by atoms with E-state index in [9.17, 15) is 4.79 Å². The summed E-state index contributed by atoms with van der Waals surface area (Å²) in [7, 11) is 1.64. The van der Waals surface area contributed by atoms with Crippen molar-refractivity contribution in [1.82, 2.24) is 15.3 Å². The van der Waals surface area contributed by atoms with Gasteiger partial charge in [0.05, 0.1) is 7.11 Å². The quantitative estimate of drug-likeness (QED) is 0.644. The van der Waals surface area contributed by atoms with E-state index in [4.69, 9.17) is 4.74 Å². The van der Waals surface area contributed by atoms with Crippen LogP contribution in [0.1, 0.15) is 21.6 Å². The highest BCUT2D eigenvalue weighted by molar-refractivity contribution is 5.93. The molecule has 27 heavy (non-hydrogen) atoms. The molecule has 3 aromatic rings. The fraction of sp³-hybridized carbons (Fsp3) is 0.190. The summed E-state index contributed by atoms with van der Waals surface area (Å²) in [4.78, 5) is 20.5. The zero-order valence-electron chi connectivity index (χ0n) is 15.2. The molecule has 0 fully saturated rings. The van der Waals surface area contributed by atoms with Gasteiger partial charge < -0.3 is 15.4 Å². The molecule has 2 N–H and O–H groups in total. The molecule has 6 nitrogen and oxygen atoms in total. The van der Waals surface area contributed by atoms with Crippen molar-refractivity contribution in [2.75, 3.05) is 19.0 Å². The van der Waals surface area contributed by atoms with Gasteiger partial charge in [0.25, 0.3) is 5.91 Å². The van der Waals surface area contributed by atoms with Crippen molar-refractivity contribution in [3.63, 3.8) is 0 Å². The molecule has 0 unspecified atom stereocenters. The highest BCUT2D eigenvalue weighted by Gasteiger charge is 2.08. The van der Waals surface area contributed by atoms with Gasteiger partial charge in [-0.15, -0.1) is 0 Å². The molecule has 1 aromatic carbocycles. The molecule has 3 rings (SSSR count). The zero-order valence-corrected chi connectivity index (χ0v) is 15.2. The van der Waals surface area contributed by atoms with E-state index in [1.54, 1.807) is 31.8 Å². The molecular formula is C21H22N4O2. The molecule has 1 amide bonds. The number of pyridine rings is 2. The minimum absolute atomic E-state index is 0.189. The highest BCUT2D eigenvalue weighted by Crippen LogP contribution is 2.13. The van der Waals surface area contributed by atoms with Crippen LogP contribution in [0.5, 0.6) is 5.75 Å². The number of methoxy groups -OCH3 is 1. The van der Waals surface area contributed by atoms with E-state index in [1.807, 2.05) is 42.5 Å². The Kier molecular flexibility index (Phi) is 6.35. The maximum Gasteiger partial charge on any atom is 0.269 e. The van der Waals surface area contributed by atoms with Crippen molar-refractivity contribution in [2.24, 2.45) is 0 Å². The summed E-state index contributed by atoms with van der Waals surface area (Å²) >= 11 is 0. The van der Waals surface area contributed by atoms with Gasteiger partial charge in [0.1, 0.15) is 11.4 Å². The lowest BCUT2D eigenvalue weighted by Crippen LogP contribution is -2.26. The van der Waals surface area contributed by atoms with E-state index in [1.165, 1.54) is 0 Å². The second kappa shape index (κ2) is 9.33. The number of ether oxygens (including phenoxy) is 1. The molecule has 0 saturated carbocycles. The summed E-state index contributed by atoms with van der Waals surface area (Å²) in [6.07, 6.45) is 5.87. The van der Waals surface area contributed by atoms with Gasteiger partial charge in [-0.1, -0.05) is 12.1 Å². The fourth-order valence-electron chi connectivity index (χ4n) is 2.61. The van der Waals surface area contributed by atoms with E-state index in [-0.39, 0.29) is 5.91 Å². The third-order valence-corrected chi connectivity index (χ3v) is 4.07. The normalized spacial score (nSPS) is 10.3. The first-order valence-electron chi connectivity index (χ1n) is 8.74. The largest absolute Gasteiger partial charge is 0.497 e. The molecule has 0 aliphatic carbocycles. The highest BCUT2D eigenvalue weighted by atomic mass is 16.5. The summed E-state index contributed by atoms with van der Waals surface area (Å²) in [5.74, 6) is 0.624. The number of anilines is 1. The molecule has 2 heterocycles.